The van der Waals surface area contributed by atoms with Gasteiger partial charge < -0.3 is 9.84 Å². The Bertz CT molecular complexity index is 436. The van der Waals surface area contributed by atoms with Crippen molar-refractivity contribution in [1.82, 2.24) is 0 Å². The van der Waals surface area contributed by atoms with E-state index < -0.39 is 17.5 Å². The second-order valence-electron chi connectivity index (χ2n) is 4.36. The summed E-state index contributed by atoms with van der Waals surface area (Å²) >= 11 is 9.04. The Balaban J connectivity index is 2.55. The third-order valence-electron chi connectivity index (χ3n) is 2.71. The monoisotopic (exact) mass is 308 g/mol. The van der Waals surface area contributed by atoms with Gasteiger partial charge in [-0.1, -0.05) is 27.5 Å². The fourth-order valence-electron chi connectivity index (χ4n) is 1.71. The van der Waals surface area contributed by atoms with Crippen LogP contribution in [0, 0.1) is 5.82 Å². The highest BCUT2D eigenvalue weighted by Gasteiger charge is 2.42. The van der Waals surface area contributed by atoms with Crippen LogP contribution < -0.4 is 4.74 Å². The number of aliphatic hydroxyl groups is 1. The third kappa shape index (κ3) is 1.83. The molecule has 0 unspecified atom stereocenters. The van der Waals surface area contributed by atoms with Crippen molar-refractivity contribution in [1.29, 1.82) is 0 Å². The Labute approximate surface area is 106 Å². The van der Waals surface area contributed by atoms with Crippen LogP contribution in [0.5, 0.6) is 5.75 Å². The van der Waals surface area contributed by atoms with E-state index in [1.165, 1.54) is 12.1 Å². The van der Waals surface area contributed by atoms with Crippen LogP contribution in [-0.2, 0) is 0 Å². The van der Waals surface area contributed by atoms with Crippen molar-refractivity contribution < 1.29 is 14.2 Å². The van der Waals surface area contributed by atoms with Crippen molar-refractivity contribution in [3.8, 4) is 5.75 Å². The Morgan fingerprint density at radius 3 is 2.75 bits per heavy atom. The van der Waals surface area contributed by atoms with Crippen LogP contribution in [0.3, 0.4) is 0 Å². The maximum absolute atomic E-state index is 13.3. The number of fused-ring (bicyclic) bond motifs is 1. The molecule has 88 valence electrons. The minimum Gasteiger partial charge on any atom is -0.485 e. The third-order valence-corrected chi connectivity index (χ3v) is 4.00. The van der Waals surface area contributed by atoms with Crippen molar-refractivity contribution in [3.63, 3.8) is 0 Å². The highest BCUT2D eigenvalue weighted by Crippen LogP contribution is 2.45. The van der Waals surface area contributed by atoms with Gasteiger partial charge in [0.25, 0.3) is 0 Å². The van der Waals surface area contributed by atoms with E-state index in [2.05, 4.69) is 15.9 Å². The molecule has 1 N–H and O–H groups in total. The first-order valence-corrected chi connectivity index (χ1v) is 6.12. The molecule has 0 aromatic heterocycles. The van der Waals surface area contributed by atoms with Gasteiger partial charge in [0.2, 0.25) is 0 Å². The highest BCUT2D eigenvalue weighted by molar-refractivity contribution is 9.09. The molecule has 0 saturated carbocycles. The summed E-state index contributed by atoms with van der Waals surface area (Å²) in [7, 11) is 0. The van der Waals surface area contributed by atoms with Gasteiger partial charge in [-0.3, -0.25) is 0 Å². The molecular formula is C11H11BrClFO2. The highest BCUT2D eigenvalue weighted by atomic mass is 79.9. The summed E-state index contributed by atoms with van der Waals surface area (Å²) in [6.45, 7) is 3.54. The maximum atomic E-state index is 13.3. The van der Waals surface area contributed by atoms with E-state index in [1.807, 2.05) is 0 Å². The van der Waals surface area contributed by atoms with Crippen LogP contribution >= 0.6 is 27.5 Å². The first-order chi connectivity index (χ1) is 7.33. The van der Waals surface area contributed by atoms with E-state index in [0.717, 1.165) is 0 Å². The maximum Gasteiger partial charge on any atom is 0.142 e. The molecule has 2 atom stereocenters. The molecule has 2 nitrogen and oxygen atoms in total. The number of ether oxygens (including phenoxy) is 1. The predicted molar refractivity (Wildman–Crippen MR) is 63.8 cm³/mol. The molecule has 1 aromatic carbocycles. The van der Waals surface area contributed by atoms with Crippen LogP contribution in [0.1, 0.15) is 24.2 Å². The summed E-state index contributed by atoms with van der Waals surface area (Å²) in [5, 5.41) is 10.0. The molecule has 1 aliphatic heterocycles. The number of hydrogen-bond donors (Lipinski definition) is 1. The minimum atomic E-state index is -0.749. The van der Waals surface area contributed by atoms with Crippen molar-refractivity contribution in [2.24, 2.45) is 0 Å². The van der Waals surface area contributed by atoms with E-state index in [-0.39, 0.29) is 9.85 Å². The second-order valence-corrected chi connectivity index (χ2v) is 5.75. The van der Waals surface area contributed by atoms with E-state index in [9.17, 15) is 9.50 Å². The lowest BCUT2D eigenvalue weighted by molar-refractivity contribution is -0.0419. The Hall–Kier alpha value is -0.320. The summed E-state index contributed by atoms with van der Waals surface area (Å²) in [6.07, 6.45) is -0.749. The summed E-state index contributed by atoms with van der Waals surface area (Å²) in [4.78, 5) is -0.363. The van der Waals surface area contributed by atoms with Gasteiger partial charge >= 0.3 is 0 Å². The SMILES string of the molecule is CC1(C)Oc2cc(Cl)c(F)cc2[C@@H](Br)[C@@H]1O. The van der Waals surface area contributed by atoms with Gasteiger partial charge in [0.1, 0.15) is 23.3 Å². The van der Waals surface area contributed by atoms with Gasteiger partial charge in [-0.05, 0) is 19.9 Å². The number of benzene rings is 1. The molecule has 1 heterocycles. The lowest BCUT2D eigenvalue weighted by Gasteiger charge is -2.40. The molecule has 0 saturated heterocycles. The fraction of sp³-hybridized carbons (Fsp3) is 0.455. The predicted octanol–water partition coefficient (Wildman–Crippen LogP) is 3.45. The molecule has 1 aliphatic rings. The number of alkyl halides is 1. The van der Waals surface area contributed by atoms with Crippen LogP contribution in [-0.4, -0.2) is 16.8 Å². The standard InChI is InChI=1S/C11H11BrClFO2/c1-11(2)10(15)9(12)5-3-7(14)6(13)4-8(5)16-11/h3-4,9-10,15H,1-2H3/t9-,10+/m1/s1. The minimum absolute atomic E-state index is 0.0191. The number of halogens is 3. The zero-order chi connectivity index (χ0) is 12.1. The molecule has 0 fully saturated rings. The average molecular weight is 310 g/mol. The normalized spacial score (nSPS) is 27.1. The first-order valence-electron chi connectivity index (χ1n) is 4.83. The van der Waals surface area contributed by atoms with Crippen LogP contribution in [0.15, 0.2) is 12.1 Å². The zero-order valence-electron chi connectivity index (χ0n) is 8.80. The van der Waals surface area contributed by atoms with Crippen LogP contribution in [0.2, 0.25) is 5.02 Å². The van der Waals surface area contributed by atoms with Crippen LogP contribution in [0.4, 0.5) is 4.39 Å². The molecule has 0 amide bonds. The quantitative estimate of drug-likeness (QED) is 0.744. The van der Waals surface area contributed by atoms with E-state index >= 15 is 0 Å². The van der Waals surface area contributed by atoms with Gasteiger partial charge in [0.15, 0.2) is 0 Å². The van der Waals surface area contributed by atoms with Gasteiger partial charge in [0, 0.05) is 11.6 Å². The molecule has 5 heteroatoms. The van der Waals surface area contributed by atoms with E-state index in [0.29, 0.717) is 11.3 Å². The summed E-state index contributed by atoms with van der Waals surface area (Å²) in [6, 6.07) is 2.73. The van der Waals surface area contributed by atoms with E-state index in [4.69, 9.17) is 16.3 Å². The molecule has 0 radical (unpaired) electrons. The molecule has 2 rings (SSSR count). The second kappa shape index (κ2) is 3.86. The van der Waals surface area contributed by atoms with Gasteiger partial charge in [-0.25, -0.2) is 4.39 Å². The zero-order valence-corrected chi connectivity index (χ0v) is 11.1. The Morgan fingerprint density at radius 1 is 1.50 bits per heavy atom. The van der Waals surface area contributed by atoms with Gasteiger partial charge in [-0.2, -0.15) is 0 Å². The average Bonchev–Trinajstić information content (AvgIpc) is 2.18. The molecule has 0 aliphatic carbocycles. The molecule has 0 spiro atoms. The topological polar surface area (TPSA) is 29.5 Å². The van der Waals surface area contributed by atoms with E-state index in [1.54, 1.807) is 13.8 Å². The van der Waals surface area contributed by atoms with Crippen molar-refractivity contribution in [2.45, 2.75) is 30.4 Å². The smallest absolute Gasteiger partial charge is 0.142 e. The first kappa shape index (κ1) is 12.1. The van der Waals surface area contributed by atoms with Crippen molar-refractivity contribution in [3.05, 3.63) is 28.5 Å². The lowest BCUT2D eigenvalue weighted by Crippen LogP contribution is -2.47. The van der Waals surface area contributed by atoms with Crippen LogP contribution in [0.25, 0.3) is 0 Å². The molecule has 0 bridgehead atoms. The fourth-order valence-corrected chi connectivity index (χ4v) is 2.86. The molecule has 16 heavy (non-hydrogen) atoms. The molecular weight excluding hydrogens is 298 g/mol. The number of rotatable bonds is 0. The van der Waals surface area contributed by atoms with Crippen molar-refractivity contribution in [2.75, 3.05) is 0 Å². The lowest BCUT2D eigenvalue weighted by atomic mass is 9.91. The Kier molecular flexibility index (Phi) is 2.93. The van der Waals surface area contributed by atoms with Gasteiger partial charge in [-0.15, -0.1) is 0 Å². The summed E-state index contributed by atoms with van der Waals surface area (Å²) in [5.41, 5.74) is -0.156. The van der Waals surface area contributed by atoms with Gasteiger partial charge in [0.05, 0.1) is 9.85 Å². The largest absolute Gasteiger partial charge is 0.485 e. The number of hydrogen-bond acceptors (Lipinski definition) is 2. The summed E-state index contributed by atoms with van der Waals surface area (Å²) in [5.74, 6) is -0.0102. The molecule has 1 aromatic rings. The number of aliphatic hydroxyl groups excluding tert-OH is 1. The Morgan fingerprint density at radius 2 is 2.12 bits per heavy atom. The van der Waals surface area contributed by atoms with Crippen molar-refractivity contribution >= 4 is 27.5 Å². The summed E-state index contributed by atoms with van der Waals surface area (Å²) < 4.78 is 18.9.